The van der Waals surface area contributed by atoms with Crippen molar-refractivity contribution in [2.24, 2.45) is 5.92 Å². The van der Waals surface area contributed by atoms with Crippen LogP contribution in [-0.2, 0) is 6.54 Å². The molecule has 5 heteroatoms. The Morgan fingerprint density at radius 3 is 2.55 bits per heavy atom. The number of hydrogen-bond donors (Lipinski definition) is 1. The number of benzene rings is 1. The first-order valence-corrected chi connectivity index (χ1v) is 7.62. The van der Waals surface area contributed by atoms with Gasteiger partial charge in [-0.05, 0) is 42.7 Å². The van der Waals surface area contributed by atoms with Gasteiger partial charge in [0.1, 0.15) is 11.4 Å². The molecule has 0 aliphatic carbocycles. The molecular weight excluding hydrogens is 278 g/mol. The number of rotatable bonds is 6. The molecule has 1 aromatic heterocycles. The van der Waals surface area contributed by atoms with Crippen molar-refractivity contribution in [2.45, 2.75) is 33.7 Å². The highest BCUT2D eigenvalue weighted by Gasteiger charge is 2.09. The fraction of sp³-hybridized carbons (Fsp3) is 0.412. The van der Waals surface area contributed by atoms with Crippen molar-refractivity contribution in [3.63, 3.8) is 0 Å². The number of anilines is 1. The molecule has 2 N–H and O–H groups in total. The zero-order valence-electron chi connectivity index (χ0n) is 13.4. The third-order valence-electron chi connectivity index (χ3n) is 3.16. The lowest BCUT2D eigenvalue weighted by molar-refractivity contribution is 0.317. The highest BCUT2D eigenvalue weighted by atomic mass is 16.5. The van der Waals surface area contributed by atoms with Gasteiger partial charge in [-0.15, -0.1) is 0 Å². The maximum atomic E-state index is 12.0. The third-order valence-corrected chi connectivity index (χ3v) is 3.16. The van der Waals surface area contributed by atoms with Crippen LogP contribution < -0.4 is 16.0 Å². The Bertz CT molecular complexity index is 675. The Labute approximate surface area is 130 Å². The van der Waals surface area contributed by atoms with E-state index in [0.717, 1.165) is 17.7 Å². The number of nitrogens with zero attached hydrogens (tertiary/aromatic N) is 2. The molecule has 5 nitrogen and oxygen atoms in total. The van der Waals surface area contributed by atoms with Gasteiger partial charge >= 0.3 is 0 Å². The first-order chi connectivity index (χ1) is 10.5. The van der Waals surface area contributed by atoms with E-state index in [9.17, 15) is 4.79 Å². The average molecular weight is 301 g/mol. The molecule has 0 spiro atoms. The van der Waals surface area contributed by atoms with E-state index < -0.39 is 0 Å². The van der Waals surface area contributed by atoms with Crippen molar-refractivity contribution in [3.8, 4) is 17.0 Å². The SMILES string of the molecule is CCCOc1ccc(-c2cc(N)c(=O)n(CC(C)C)n2)cc1. The van der Waals surface area contributed by atoms with Gasteiger partial charge in [0, 0.05) is 12.1 Å². The van der Waals surface area contributed by atoms with E-state index >= 15 is 0 Å². The Kier molecular flexibility index (Phi) is 5.20. The molecule has 2 aromatic rings. The number of nitrogens with two attached hydrogens (primary N) is 1. The largest absolute Gasteiger partial charge is 0.494 e. The molecule has 0 bridgehead atoms. The van der Waals surface area contributed by atoms with Crippen LogP contribution in [0.15, 0.2) is 35.1 Å². The van der Waals surface area contributed by atoms with E-state index in [1.165, 1.54) is 4.68 Å². The van der Waals surface area contributed by atoms with E-state index in [1.54, 1.807) is 6.07 Å². The van der Waals surface area contributed by atoms with E-state index in [2.05, 4.69) is 12.0 Å². The summed E-state index contributed by atoms with van der Waals surface area (Å²) in [7, 11) is 0. The van der Waals surface area contributed by atoms with Gasteiger partial charge in [-0.1, -0.05) is 20.8 Å². The van der Waals surface area contributed by atoms with Crippen molar-refractivity contribution >= 4 is 5.69 Å². The summed E-state index contributed by atoms with van der Waals surface area (Å²) in [6.07, 6.45) is 0.972. The van der Waals surface area contributed by atoms with Gasteiger partial charge in [-0.25, -0.2) is 4.68 Å². The molecule has 0 aliphatic rings. The summed E-state index contributed by atoms with van der Waals surface area (Å²) in [5, 5.41) is 4.42. The number of nitrogen functional groups attached to an aromatic ring is 1. The lowest BCUT2D eigenvalue weighted by Gasteiger charge is -2.11. The summed E-state index contributed by atoms with van der Waals surface area (Å²) in [6, 6.07) is 9.29. The summed E-state index contributed by atoms with van der Waals surface area (Å²) in [5.74, 6) is 1.15. The Hall–Kier alpha value is -2.30. The monoisotopic (exact) mass is 301 g/mol. The van der Waals surface area contributed by atoms with E-state index in [4.69, 9.17) is 10.5 Å². The number of ether oxygens (including phenoxy) is 1. The normalized spacial score (nSPS) is 10.9. The lowest BCUT2D eigenvalue weighted by atomic mass is 10.1. The van der Waals surface area contributed by atoms with E-state index in [1.807, 2.05) is 38.1 Å². The molecule has 0 saturated heterocycles. The fourth-order valence-electron chi connectivity index (χ4n) is 2.11. The summed E-state index contributed by atoms with van der Waals surface area (Å²) in [6.45, 7) is 7.39. The zero-order valence-corrected chi connectivity index (χ0v) is 13.4. The lowest BCUT2D eigenvalue weighted by Crippen LogP contribution is -2.27. The maximum Gasteiger partial charge on any atom is 0.289 e. The summed E-state index contributed by atoms with van der Waals surface area (Å²) < 4.78 is 7.01. The molecule has 1 aromatic carbocycles. The molecule has 1 heterocycles. The molecule has 118 valence electrons. The predicted octanol–water partition coefficient (Wildman–Crippen LogP) is 2.94. The van der Waals surface area contributed by atoms with E-state index in [-0.39, 0.29) is 11.2 Å². The Morgan fingerprint density at radius 2 is 1.95 bits per heavy atom. The molecule has 0 saturated carbocycles. The van der Waals surface area contributed by atoms with Crippen LogP contribution in [-0.4, -0.2) is 16.4 Å². The highest BCUT2D eigenvalue weighted by molar-refractivity contribution is 5.62. The van der Waals surface area contributed by atoms with Crippen molar-refractivity contribution in [2.75, 3.05) is 12.3 Å². The summed E-state index contributed by atoms with van der Waals surface area (Å²) in [5.41, 5.74) is 7.42. The van der Waals surface area contributed by atoms with Crippen molar-refractivity contribution in [1.29, 1.82) is 0 Å². The standard InChI is InChI=1S/C17H23N3O2/c1-4-9-22-14-7-5-13(6-8-14)16-10-15(18)17(21)20(19-16)11-12(2)3/h5-8,10,12H,4,9,11,18H2,1-3H3. The van der Waals surface area contributed by atoms with Crippen LogP contribution in [0.25, 0.3) is 11.3 Å². The second-order valence-corrected chi connectivity index (χ2v) is 5.74. The Morgan fingerprint density at radius 1 is 1.27 bits per heavy atom. The van der Waals surface area contributed by atoms with Gasteiger partial charge in [0.05, 0.1) is 12.3 Å². The molecule has 0 aliphatic heterocycles. The first kappa shape index (κ1) is 16.1. The molecular formula is C17H23N3O2. The molecule has 2 rings (SSSR count). The van der Waals surface area contributed by atoms with Crippen LogP contribution in [0, 0.1) is 5.92 Å². The van der Waals surface area contributed by atoms with Crippen LogP contribution in [0.1, 0.15) is 27.2 Å². The Balaban J connectivity index is 2.32. The predicted molar refractivity (Wildman–Crippen MR) is 89.0 cm³/mol. The van der Waals surface area contributed by atoms with Crippen LogP contribution in [0.2, 0.25) is 0 Å². The second kappa shape index (κ2) is 7.11. The minimum Gasteiger partial charge on any atom is -0.494 e. The second-order valence-electron chi connectivity index (χ2n) is 5.74. The topological polar surface area (TPSA) is 70.1 Å². The van der Waals surface area contributed by atoms with Gasteiger partial charge in [0.2, 0.25) is 0 Å². The minimum atomic E-state index is -0.236. The van der Waals surface area contributed by atoms with Crippen LogP contribution >= 0.6 is 0 Å². The third kappa shape index (κ3) is 3.87. The molecule has 22 heavy (non-hydrogen) atoms. The van der Waals surface area contributed by atoms with Crippen molar-refractivity contribution < 1.29 is 4.74 Å². The molecule has 0 fully saturated rings. The van der Waals surface area contributed by atoms with Crippen LogP contribution in [0.5, 0.6) is 5.75 Å². The fourth-order valence-corrected chi connectivity index (χ4v) is 2.11. The van der Waals surface area contributed by atoms with Crippen LogP contribution in [0.4, 0.5) is 5.69 Å². The maximum absolute atomic E-state index is 12.0. The number of aromatic nitrogens is 2. The quantitative estimate of drug-likeness (QED) is 0.890. The van der Waals surface area contributed by atoms with Gasteiger partial charge in [0.25, 0.3) is 5.56 Å². The average Bonchev–Trinajstić information content (AvgIpc) is 2.49. The minimum absolute atomic E-state index is 0.219. The highest BCUT2D eigenvalue weighted by Crippen LogP contribution is 2.21. The van der Waals surface area contributed by atoms with Gasteiger partial charge in [-0.2, -0.15) is 5.10 Å². The summed E-state index contributed by atoms with van der Waals surface area (Å²) >= 11 is 0. The van der Waals surface area contributed by atoms with Gasteiger partial charge < -0.3 is 10.5 Å². The van der Waals surface area contributed by atoms with Crippen molar-refractivity contribution in [3.05, 3.63) is 40.7 Å². The van der Waals surface area contributed by atoms with Crippen LogP contribution in [0.3, 0.4) is 0 Å². The molecule has 0 amide bonds. The first-order valence-electron chi connectivity index (χ1n) is 7.62. The van der Waals surface area contributed by atoms with E-state index in [0.29, 0.717) is 24.8 Å². The van der Waals surface area contributed by atoms with Gasteiger partial charge in [-0.3, -0.25) is 4.79 Å². The summed E-state index contributed by atoms with van der Waals surface area (Å²) in [4.78, 5) is 12.0. The number of hydrogen-bond acceptors (Lipinski definition) is 4. The van der Waals surface area contributed by atoms with Gasteiger partial charge in [0.15, 0.2) is 0 Å². The molecule has 0 atom stereocenters. The molecule has 0 unspecified atom stereocenters. The van der Waals surface area contributed by atoms with Crippen molar-refractivity contribution in [1.82, 2.24) is 9.78 Å². The zero-order chi connectivity index (χ0) is 16.1. The smallest absolute Gasteiger partial charge is 0.289 e. The molecule has 0 radical (unpaired) electrons.